The van der Waals surface area contributed by atoms with E-state index in [0.717, 1.165) is 43.6 Å². The van der Waals surface area contributed by atoms with Crippen LogP contribution in [0.5, 0.6) is 5.75 Å². The molecule has 1 aliphatic rings. The molecule has 0 fully saturated rings. The summed E-state index contributed by atoms with van der Waals surface area (Å²) < 4.78 is 5.55. The molecule has 0 radical (unpaired) electrons. The minimum atomic E-state index is 0.852. The van der Waals surface area contributed by atoms with Crippen molar-refractivity contribution in [3.63, 3.8) is 0 Å². The molecule has 2 nitrogen and oxygen atoms in total. The summed E-state index contributed by atoms with van der Waals surface area (Å²) in [6.07, 6.45) is 4.79. The van der Waals surface area contributed by atoms with Crippen LogP contribution in [0.3, 0.4) is 0 Å². The Labute approximate surface area is 125 Å². The van der Waals surface area contributed by atoms with Gasteiger partial charge in [0.05, 0.1) is 6.61 Å². The van der Waals surface area contributed by atoms with E-state index in [1.165, 1.54) is 30.5 Å². The van der Waals surface area contributed by atoms with Crippen molar-refractivity contribution < 1.29 is 4.74 Å². The number of unbranched alkanes of at least 4 members (excludes halogenated alkanes) is 1. The Morgan fingerprint density at radius 3 is 2.95 bits per heavy atom. The highest BCUT2D eigenvalue weighted by Gasteiger charge is 2.12. The van der Waals surface area contributed by atoms with Crippen LogP contribution in [0, 0.1) is 0 Å². The van der Waals surface area contributed by atoms with E-state index in [0.29, 0.717) is 0 Å². The molecule has 0 saturated carbocycles. The summed E-state index contributed by atoms with van der Waals surface area (Å²) in [5.74, 6) is 1.09. The van der Waals surface area contributed by atoms with Crippen molar-refractivity contribution in [2.75, 3.05) is 31.6 Å². The first-order valence-corrected chi connectivity index (χ1v) is 8.48. The summed E-state index contributed by atoms with van der Waals surface area (Å²) >= 11 is 3.55. The third-order valence-electron chi connectivity index (χ3n) is 3.70. The first-order valence-electron chi connectivity index (χ1n) is 7.36. The second-order valence-corrected chi connectivity index (χ2v) is 5.97. The van der Waals surface area contributed by atoms with Gasteiger partial charge in [0, 0.05) is 24.8 Å². The highest BCUT2D eigenvalue weighted by molar-refractivity contribution is 9.09. The molecule has 0 aromatic heterocycles. The van der Waals surface area contributed by atoms with E-state index in [9.17, 15) is 0 Å². The summed E-state index contributed by atoms with van der Waals surface area (Å²) in [6, 6.07) is 6.68. The van der Waals surface area contributed by atoms with Crippen molar-refractivity contribution in [3.8, 4) is 5.75 Å². The summed E-state index contributed by atoms with van der Waals surface area (Å²) in [6.45, 7) is 6.63. The zero-order valence-electron chi connectivity index (χ0n) is 11.8. The minimum absolute atomic E-state index is 0.852. The zero-order valence-corrected chi connectivity index (χ0v) is 13.4. The van der Waals surface area contributed by atoms with Gasteiger partial charge in [0.15, 0.2) is 0 Å². The Morgan fingerprint density at radius 2 is 2.16 bits per heavy atom. The number of hydrogen-bond donors (Lipinski definition) is 0. The third-order valence-corrected chi connectivity index (χ3v) is 4.05. The SMILES string of the molecule is CCCCN(CCBr)CCc1ccc2c(c1)CCO2. The zero-order chi connectivity index (χ0) is 13.5. The Balaban J connectivity index is 1.85. The molecule has 2 rings (SSSR count). The van der Waals surface area contributed by atoms with Crippen LogP contribution in [0.15, 0.2) is 18.2 Å². The number of benzene rings is 1. The van der Waals surface area contributed by atoms with Crippen LogP contribution in [-0.4, -0.2) is 36.5 Å². The molecule has 0 unspecified atom stereocenters. The van der Waals surface area contributed by atoms with Crippen molar-refractivity contribution in [1.29, 1.82) is 0 Å². The molecule has 19 heavy (non-hydrogen) atoms. The van der Waals surface area contributed by atoms with Crippen LogP contribution in [0.1, 0.15) is 30.9 Å². The number of alkyl halides is 1. The highest BCUT2D eigenvalue weighted by atomic mass is 79.9. The van der Waals surface area contributed by atoms with Crippen LogP contribution in [0.4, 0.5) is 0 Å². The van der Waals surface area contributed by atoms with E-state index in [2.05, 4.69) is 46.0 Å². The van der Waals surface area contributed by atoms with E-state index < -0.39 is 0 Å². The molecule has 0 saturated heterocycles. The van der Waals surface area contributed by atoms with Crippen LogP contribution in [0.2, 0.25) is 0 Å². The molecule has 0 N–H and O–H groups in total. The van der Waals surface area contributed by atoms with Crippen LogP contribution in [0.25, 0.3) is 0 Å². The fourth-order valence-corrected chi connectivity index (χ4v) is 3.02. The molecule has 3 heteroatoms. The molecule has 1 aromatic carbocycles. The third kappa shape index (κ3) is 4.50. The number of fused-ring (bicyclic) bond motifs is 1. The number of rotatable bonds is 8. The summed E-state index contributed by atoms with van der Waals surface area (Å²) in [7, 11) is 0. The second-order valence-electron chi connectivity index (χ2n) is 5.17. The molecule has 1 heterocycles. The topological polar surface area (TPSA) is 12.5 Å². The Hall–Kier alpha value is -0.540. The molecule has 0 spiro atoms. The molecule has 0 aliphatic carbocycles. The van der Waals surface area contributed by atoms with Gasteiger partial charge < -0.3 is 9.64 Å². The van der Waals surface area contributed by atoms with Gasteiger partial charge in [-0.25, -0.2) is 0 Å². The van der Waals surface area contributed by atoms with Gasteiger partial charge in [-0.05, 0) is 36.6 Å². The standard InChI is InChI=1S/C16H24BrNO/c1-2-3-9-18(11-8-17)10-6-14-4-5-16-15(13-14)7-12-19-16/h4-5,13H,2-3,6-12H2,1H3. The smallest absolute Gasteiger partial charge is 0.122 e. The fraction of sp³-hybridized carbons (Fsp3) is 0.625. The predicted molar refractivity (Wildman–Crippen MR) is 84.5 cm³/mol. The lowest BCUT2D eigenvalue weighted by molar-refractivity contribution is 0.290. The molecule has 0 bridgehead atoms. The number of hydrogen-bond acceptors (Lipinski definition) is 2. The quantitative estimate of drug-likeness (QED) is 0.676. The minimum Gasteiger partial charge on any atom is -0.493 e. The van der Waals surface area contributed by atoms with Crippen molar-refractivity contribution in [1.82, 2.24) is 4.90 Å². The molecule has 1 aromatic rings. The van der Waals surface area contributed by atoms with E-state index in [1.54, 1.807) is 0 Å². The van der Waals surface area contributed by atoms with E-state index in [4.69, 9.17) is 4.74 Å². The van der Waals surface area contributed by atoms with Crippen LogP contribution < -0.4 is 4.74 Å². The highest BCUT2D eigenvalue weighted by Crippen LogP contribution is 2.26. The lowest BCUT2D eigenvalue weighted by atomic mass is 10.1. The molecule has 106 valence electrons. The van der Waals surface area contributed by atoms with E-state index in [-0.39, 0.29) is 0 Å². The van der Waals surface area contributed by atoms with Gasteiger partial charge >= 0.3 is 0 Å². The maximum absolute atomic E-state index is 5.55. The van der Waals surface area contributed by atoms with Gasteiger partial charge in [-0.1, -0.05) is 41.4 Å². The average molecular weight is 326 g/mol. The Kier molecular flexibility index (Phi) is 6.18. The summed E-state index contributed by atoms with van der Waals surface area (Å²) in [4.78, 5) is 2.56. The number of nitrogens with zero attached hydrogens (tertiary/aromatic N) is 1. The summed E-state index contributed by atoms with van der Waals surface area (Å²) in [5.41, 5.74) is 2.83. The van der Waals surface area contributed by atoms with Gasteiger partial charge in [-0.15, -0.1) is 0 Å². The van der Waals surface area contributed by atoms with Gasteiger partial charge in [0.2, 0.25) is 0 Å². The predicted octanol–water partition coefficient (Wildman–Crippen LogP) is 3.66. The molecule has 0 atom stereocenters. The summed E-state index contributed by atoms with van der Waals surface area (Å²) in [5, 5.41) is 1.06. The molecular weight excluding hydrogens is 302 g/mol. The van der Waals surface area contributed by atoms with Crippen molar-refractivity contribution in [3.05, 3.63) is 29.3 Å². The van der Waals surface area contributed by atoms with Crippen LogP contribution in [-0.2, 0) is 12.8 Å². The largest absolute Gasteiger partial charge is 0.493 e. The second kappa shape index (κ2) is 7.91. The van der Waals surface area contributed by atoms with Gasteiger partial charge in [0.1, 0.15) is 5.75 Å². The normalized spacial score (nSPS) is 13.6. The molecular formula is C16H24BrNO. The number of halogens is 1. The van der Waals surface area contributed by atoms with Gasteiger partial charge in [-0.2, -0.15) is 0 Å². The monoisotopic (exact) mass is 325 g/mol. The van der Waals surface area contributed by atoms with Crippen LogP contribution >= 0.6 is 15.9 Å². The van der Waals surface area contributed by atoms with E-state index in [1.807, 2.05) is 0 Å². The van der Waals surface area contributed by atoms with Crippen molar-refractivity contribution >= 4 is 15.9 Å². The van der Waals surface area contributed by atoms with Gasteiger partial charge in [0.25, 0.3) is 0 Å². The first-order chi connectivity index (χ1) is 9.33. The Morgan fingerprint density at radius 1 is 1.26 bits per heavy atom. The lowest BCUT2D eigenvalue weighted by Crippen LogP contribution is -2.29. The van der Waals surface area contributed by atoms with Crippen molar-refractivity contribution in [2.45, 2.75) is 32.6 Å². The molecule has 1 aliphatic heterocycles. The number of ether oxygens (including phenoxy) is 1. The molecule has 0 amide bonds. The van der Waals surface area contributed by atoms with Crippen molar-refractivity contribution in [2.24, 2.45) is 0 Å². The maximum Gasteiger partial charge on any atom is 0.122 e. The van der Waals surface area contributed by atoms with E-state index >= 15 is 0 Å². The first kappa shape index (κ1) is 14.9. The Bertz CT molecular complexity index is 394. The average Bonchev–Trinajstić information content (AvgIpc) is 2.89. The van der Waals surface area contributed by atoms with Gasteiger partial charge in [-0.3, -0.25) is 0 Å². The fourth-order valence-electron chi connectivity index (χ4n) is 2.52. The maximum atomic E-state index is 5.55. The lowest BCUT2D eigenvalue weighted by Gasteiger charge is -2.21.